The molecule has 0 saturated carbocycles. The average Bonchev–Trinajstić information content (AvgIpc) is 2.55. The Balaban J connectivity index is 1.99. The number of hydrogen-bond donors (Lipinski definition) is 1. The van der Waals surface area contributed by atoms with Crippen molar-refractivity contribution in [1.29, 1.82) is 0 Å². The number of methoxy groups -OCH3 is 1. The van der Waals surface area contributed by atoms with Gasteiger partial charge in [-0.05, 0) is 36.4 Å². The first-order valence-electron chi connectivity index (χ1n) is 6.75. The van der Waals surface area contributed by atoms with E-state index in [1.54, 1.807) is 0 Å². The SMILES string of the molecule is COc1ccc(S(=O)(=O)NCCOc2ccc(F)cc2)c(Cl)c1Cl. The lowest BCUT2D eigenvalue weighted by molar-refractivity contribution is 0.322. The van der Waals surface area contributed by atoms with Gasteiger partial charge in [0.05, 0.1) is 12.1 Å². The van der Waals surface area contributed by atoms with E-state index < -0.39 is 10.0 Å². The highest BCUT2D eigenvalue weighted by Gasteiger charge is 2.21. The Morgan fingerprint density at radius 1 is 1.08 bits per heavy atom. The number of rotatable bonds is 7. The zero-order valence-corrected chi connectivity index (χ0v) is 14.9. The quantitative estimate of drug-likeness (QED) is 0.731. The lowest BCUT2D eigenvalue weighted by Crippen LogP contribution is -2.28. The van der Waals surface area contributed by atoms with Crippen molar-refractivity contribution in [2.45, 2.75) is 4.90 Å². The second-order valence-corrected chi connectivity index (χ2v) is 7.09. The molecule has 0 aliphatic carbocycles. The summed E-state index contributed by atoms with van der Waals surface area (Å²) < 4.78 is 49.9. The van der Waals surface area contributed by atoms with Crippen LogP contribution in [0.5, 0.6) is 11.5 Å². The normalized spacial score (nSPS) is 11.3. The monoisotopic (exact) mass is 393 g/mol. The highest BCUT2D eigenvalue weighted by Crippen LogP contribution is 2.36. The van der Waals surface area contributed by atoms with Gasteiger partial charge in [-0.1, -0.05) is 23.2 Å². The predicted molar refractivity (Wildman–Crippen MR) is 90.1 cm³/mol. The first-order chi connectivity index (χ1) is 11.3. The number of halogens is 3. The van der Waals surface area contributed by atoms with Crippen LogP contribution in [-0.4, -0.2) is 28.7 Å². The summed E-state index contributed by atoms with van der Waals surface area (Å²) in [6.45, 7) is 0.0616. The van der Waals surface area contributed by atoms with Gasteiger partial charge in [0.25, 0.3) is 0 Å². The summed E-state index contributed by atoms with van der Waals surface area (Å²) in [7, 11) is -2.46. The molecule has 0 aliphatic rings. The molecule has 0 saturated heterocycles. The van der Waals surface area contributed by atoms with Crippen molar-refractivity contribution in [3.63, 3.8) is 0 Å². The van der Waals surface area contributed by atoms with Gasteiger partial charge in [-0.3, -0.25) is 0 Å². The summed E-state index contributed by atoms with van der Waals surface area (Å²) in [5, 5.41) is -0.104. The van der Waals surface area contributed by atoms with Crippen LogP contribution in [0.3, 0.4) is 0 Å². The zero-order chi connectivity index (χ0) is 17.7. The Morgan fingerprint density at radius 3 is 2.38 bits per heavy atom. The topological polar surface area (TPSA) is 64.6 Å². The third-order valence-corrected chi connectivity index (χ3v) is 5.48. The maximum Gasteiger partial charge on any atom is 0.242 e. The van der Waals surface area contributed by atoms with Crippen molar-refractivity contribution >= 4 is 33.2 Å². The summed E-state index contributed by atoms with van der Waals surface area (Å²) in [5.74, 6) is 0.329. The molecule has 0 radical (unpaired) electrons. The van der Waals surface area contributed by atoms with Crippen molar-refractivity contribution in [3.05, 3.63) is 52.3 Å². The molecule has 0 fully saturated rings. The molecular formula is C15H14Cl2FNO4S. The van der Waals surface area contributed by atoms with Crippen LogP contribution in [-0.2, 0) is 10.0 Å². The number of sulfonamides is 1. The van der Waals surface area contributed by atoms with E-state index in [4.69, 9.17) is 32.7 Å². The molecule has 0 spiro atoms. The second-order valence-electron chi connectivity index (χ2n) is 4.59. The minimum absolute atomic E-state index is 0.000311. The number of benzene rings is 2. The fourth-order valence-electron chi connectivity index (χ4n) is 1.83. The fourth-order valence-corrected chi connectivity index (χ4v) is 3.68. The van der Waals surface area contributed by atoms with E-state index in [1.807, 2.05) is 0 Å². The third kappa shape index (κ3) is 4.51. The van der Waals surface area contributed by atoms with E-state index in [1.165, 1.54) is 43.5 Å². The lowest BCUT2D eigenvalue weighted by atomic mass is 10.3. The molecule has 2 aromatic carbocycles. The third-order valence-electron chi connectivity index (χ3n) is 3.00. The summed E-state index contributed by atoms with van der Waals surface area (Å²) in [6, 6.07) is 8.11. The maximum atomic E-state index is 12.8. The molecular weight excluding hydrogens is 380 g/mol. The Morgan fingerprint density at radius 2 is 1.75 bits per heavy atom. The molecule has 0 heterocycles. The van der Waals surface area contributed by atoms with Gasteiger partial charge in [-0.15, -0.1) is 0 Å². The highest BCUT2D eigenvalue weighted by molar-refractivity contribution is 7.89. The molecule has 0 atom stereocenters. The molecule has 1 N–H and O–H groups in total. The number of nitrogens with one attached hydrogen (secondary N) is 1. The van der Waals surface area contributed by atoms with Gasteiger partial charge >= 0.3 is 0 Å². The Kier molecular flexibility index (Phi) is 6.28. The minimum atomic E-state index is -3.86. The van der Waals surface area contributed by atoms with Crippen molar-refractivity contribution in [2.75, 3.05) is 20.3 Å². The van der Waals surface area contributed by atoms with E-state index in [2.05, 4.69) is 4.72 Å². The van der Waals surface area contributed by atoms with Crippen LogP contribution >= 0.6 is 23.2 Å². The molecule has 2 rings (SSSR count). The van der Waals surface area contributed by atoms with E-state index in [9.17, 15) is 12.8 Å². The summed E-state index contributed by atoms with van der Waals surface area (Å²) in [6.07, 6.45) is 0. The molecule has 0 amide bonds. The Hall–Kier alpha value is -1.54. The molecule has 0 aromatic heterocycles. The summed E-state index contributed by atoms with van der Waals surface area (Å²) in [5.41, 5.74) is 0. The number of hydrogen-bond acceptors (Lipinski definition) is 4. The largest absolute Gasteiger partial charge is 0.495 e. The number of ether oxygens (including phenoxy) is 2. The first kappa shape index (κ1) is 18.8. The molecule has 5 nitrogen and oxygen atoms in total. The van der Waals surface area contributed by atoms with Crippen LogP contribution in [0.25, 0.3) is 0 Å². The molecule has 9 heteroatoms. The highest BCUT2D eigenvalue weighted by atomic mass is 35.5. The smallest absolute Gasteiger partial charge is 0.242 e. The molecule has 2 aromatic rings. The van der Waals surface area contributed by atoms with Gasteiger partial charge in [0.15, 0.2) is 0 Å². The first-order valence-corrected chi connectivity index (χ1v) is 8.99. The minimum Gasteiger partial charge on any atom is -0.495 e. The van der Waals surface area contributed by atoms with E-state index in [-0.39, 0.29) is 39.7 Å². The van der Waals surface area contributed by atoms with Crippen molar-refractivity contribution in [2.24, 2.45) is 0 Å². The Bertz CT molecular complexity index is 813. The van der Waals surface area contributed by atoms with Crippen molar-refractivity contribution in [3.8, 4) is 11.5 Å². The van der Waals surface area contributed by atoms with Gasteiger partial charge in [0.2, 0.25) is 10.0 Å². The van der Waals surface area contributed by atoms with Crippen LogP contribution in [0.15, 0.2) is 41.3 Å². The van der Waals surface area contributed by atoms with Gasteiger partial charge in [-0.2, -0.15) is 0 Å². The second kappa shape index (κ2) is 8.02. The summed E-state index contributed by atoms with van der Waals surface area (Å²) in [4.78, 5) is -0.156. The fraction of sp³-hybridized carbons (Fsp3) is 0.200. The molecule has 0 bridgehead atoms. The predicted octanol–water partition coefficient (Wildman–Crippen LogP) is 3.50. The van der Waals surface area contributed by atoms with Gasteiger partial charge < -0.3 is 9.47 Å². The standard InChI is InChI=1S/C15H14Cl2FNO4S/c1-22-12-6-7-13(15(17)14(12)16)24(20,21)19-8-9-23-11-4-2-10(18)3-5-11/h2-7,19H,8-9H2,1H3. The van der Waals surface area contributed by atoms with E-state index >= 15 is 0 Å². The zero-order valence-electron chi connectivity index (χ0n) is 12.6. The van der Waals surface area contributed by atoms with Crippen LogP contribution in [0.1, 0.15) is 0 Å². The average molecular weight is 394 g/mol. The molecule has 130 valence electrons. The van der Waals surface area contributed by atoms with Gasteiger partial charge in [0, 0.05) is 6.54 Å². The molecule has 0 unspecified atom stereocenters. The van der Waals surface area contributed by atoms with Crippen LogP contribution in [0, 0.1) is 5.82 Å². The van der Waals surface area contributed by atoms with Crippen LogP contribution in [0.4, 0.5) is 4.39 Å². The van der Waals surface area contributed by atoms with E-state index in [0.717, 1.165) is 0 Å². The van der Waals surface area contributed by atoms with Crippen LogP contribution in [0.2, 0.25) is 10.0 Å². The van der Waals surface area contributed by atoms with Crippen LogP contribution < -0.4 is 14.2 Å². The van der Waals surface area contributed by atoms with E-state index in [0.29, 0.717) is 5.75 Å². The molecule has 0 aliphatic heterocycles. The Labute approximate surface area is 149 Å². The lowest BCUT2D eigenvalue weighted by Gasteiger charge is -2.12. The van der Waals surface area contributed by atoms with Crippen molar-refractivity contribution < 1.29 is 22.3 Å². The molecule has 24 heavy (non-hydrogen) atoms. The maximum absolute atomic E-state index is 12.8. The van der Waals surface area contributed by atoms with Gasteiger partial charge in [0.1, 0.15) is 33.8 Å². The van der Waals surface area contributed by atoms with Crippen molar-refractivity contribution in [1.82, 2.24) is 4.72 Å². The summed E-state index contributed by atoms with van der Waals surface area (Å²) >= 11 is 11.9. The van der Waals surface area contributed by atoms with Gasteiger partial charge in [-0.25, -0.2) is 17.5 Å².